The van der Waals surface area contributed by atoms with Crippen molar-refractivity contribution in [1.82, 2.24) is 0 Å². The van der Waals surface area contributed by atoms with Gasteiger partial charge in [0, 0.05) is 11.1 Å². The molecular weight excluding hydrogens is 372 g/mol. The van der Waals surface area contributed by atoms with Crippen molar-refractivity contribution in [2.45, 2.75) is 62.9 Å². The van der Waals surface area contributed by atoms with Crippen LogP contribution in [0, 0.1) is 11.8 Å². The van der Waals surface area contributed by atoms with Crippen LogP contribution in [0.25, 0.3) is 0 Å². The summed E-state index contributed by atoms with van der Waals surface area (Å²) in [5.41, 5.74) is -1.88. The van der Waals surface area contributed by atoms with Gasteiger partial charge in [-0.1, -0.05) is 12.7 Å². The molecule has 2 N–H and O–H groups in total. The first kappa shape index (κ1) is 20.1. The standard InChI is InChI=1S/C20H25ClO6/c1-6-9(2)17(22)26-12-7-10(3)20(25)8-13(21)19(5,24)16(20)15-14(12)11(4)18(23)27-15/h6-7,12-16,24-25H,4,8H2,1-3,5H3/t12-,13+,14+,15-,16-,19-,20+/m0/s1. The molecule has 0 radical (unpaired) electrons. The second kappa shape index (κ2) is 6.47. The highest BCUT2D eigenvalue weighted by Gasteiger charge is 2.67. The summed E-state index contributed by atoms with van der Waals surface area (Å²) in [5, 5.41) is 21.7. The molecule has 0 bridgehead atoms. The second-order valence-corrected chi connectivity index (χ2v) is 8.44. The van der Waals surface area contributed by atoms with Crippen LogP contribution in [0.3, 0.4) is 0 Å². The van der Waals surface area contributed by atoms with Crippen LogP contribution in [0.15, 0.2) is 35.5 Å². The number of ether oxygens (including phenoxy) is 2. The van der Waals surface area contributed by atoms with Crippen molar-refractivity contribution in [3.05, 3.63) is 35.5 Å². The predicted molar refractivity (Wildman–Crippen MR) is 98.9 cm³/mol. The van der Waals surface area contributed by atoms with Crippen molar-refractivity contribution in [3.63, 3.8) is 0 Å². The fourth-order valence-corrected chi connectivity index (χ4v) is 4.87. The summed E-state index contributed by atoms with van der Waals surface area (Å²) in [6.45, 7) is 10.4. The lowest BCUT2D eigenvalue weighted by Crippen LogP contribution is -2.52. The molecule has 1 saturated carbocycles. The highest BCUT2D eigenvalue weighted by Crippen LogP contribution is 2.56. The quantitative estimate of drug-likeness (QED) is 0.321. The van der Waals surface area contributed by atoms with E-state index in [2.05, 4.69) is 6.58 Å². The van der Waals surface area contributed by atoms with Gasteiger partial charge in [0.25, 0.3) is 0 Å². The Morgan fingerprint density at radius 2 is 2.11 bits per heavy atom. The maximum Gasteiger partial charge on any atom is 0.334 e. The summed E-state index contributed by atoms with van der Waals surface area (Å²) >= 11 is 6.34. The zero-order valence-corrected chi connectivity index (χ0v) is 16.6. The average Bonchev–Trinajstić information content (AvgIpc) is 2.92. The Kier molecular flexibility index (Phi) is 4.82. The lowest BCUT2D eigenvalue weighted by atomic mass is 9.74. The van der Waals surface area contributed by atoms with Crippen LogP contribution in [-0.2, 0) is 19.1 Å². The molecule has 6 nitrogen and oxygen atoms in total. The summed E-state index contributed by atoms with van der Waals surface area (Å²) in [6.07, 6.45) is 1.58. The molecule has 27 heavy (non-hydrogen) atoms. The predicted octanol–water partition coefficient (Wildman–Crippen LogP) is 2.03. The molecule has 3 aliphatic rings. The van der Waals surface area contributed by atoms with Crippen LogP contribution in [-0.4, -0.2) is 50.9 Å². The van der Waals surface area contributed by atoms with Crippen molar-refractivity contribution in [2.24, 2.45) is 11.8 Å². The molecule has 0 spiro atoms. The Balaban J connectivity index is 2.11. The maximum atomic E-state index is 12.3. The number of halogens is 1. The van der Waals surface area contributed by atoms with E-state index in [1.807, 2.05) is 0 Å². The summed E-state index contributed by atoms with van der Waals surface area (Å²) < 4.78 is 11.1. The van der Waals surface area contributed by atoms with Gasteiger partial charge >= 0.3 is 11.9 Å². The van der Waals surface area contributed by atoms with E-state index in [0.717, 1.165) is 0 Å². The third-order valence-corrected chi connectivity index (χ3v) is 6.90. The molecule has 1 saturated heterocycles. The van der Waals surface area contributed by atoms with Crippen LogP contribution in [0.2, 0.25) is 0 Å². The van der Waals surface area contributed by atoms with E-state index < -0.39 is 52.6 Å². The number of alkyl halides is 1. The number of aliphatic hydroxyl groups is 2. The maximum absolute atomic E-state index is 12.3. The smallest absolute Gasteiger partial charge is 0.334 e. The Morgan fingerprint density at radius 3 is 2.70 bits per heavy atom. The fourth-order valence-electron chi connectivity index (χ4n) is 4.50. The summed E-state index contributed by atoms with van der Waals surface area (Å²) in [7, 11) is 0. The summed E-state index contributed by atoms with van der Waals surface area (Å²) in [5.74, 6) is -2.74. The van der Waals surface area contributed by atoms with Crippen molar-refractivity contribution < 1.29 is 29.3 Å². The van der Waals surface area contributed by atoms with Gasteiger partial charge in [-0.2, -0.15) is 0 Å². The third kappa shape index (κ3) is 2.85. The first-order valence-electron chi connectivity index (χ1n) is 8.96. The van der Waals surface area contributed by atoms with Crippen molar-refractivity contribution in [1.29, 1.82) is 0 Å². The van der Waals surface area contributed by atoms with Gasteiger partial charge in [0.2, 0.25) is 0 Å². The monoisotopic (exact) mass is 396 g/mol. The molecule has 2 aliphatic carbocycles. The van der Waals surface area contributed by atoms with Crippen LogP contribution in [0.1, 0.15) is 34.1 Å². The molecule has 0 unspecified atom stereocenters. The minimum absolute atomic E-state index is 0.0936. The second-order valence-electron chi connectivity index (χ2n) is 7.91. The molecule has 1 heterocycles. The van der Waals surface area contributed by atoms with E-state index in [1.54, 1.807) is 32.9 Å². The molecule has 3 rings (SSSR count). The van der Waals surface area contributed by atoms with Gasteiger partial charge in [0.1, 0.15) is 12.2 Å². The normalized spacial score (nSPS) is 44.2. The Hall–Kier alpha value is -1.63. The molecule has 7 atom stereocenters. The molecule has 148 valence electrons. The summed E-state index contributed by atoms with van der Waals surface area (Å²) in [6, 6.07) is 0. The molecule has 0 aromatic rings. The van der Waals surface area contributed by atoms with E-state index in [4.69, 9.17) is 21.1 Å². The van der Waals surface area contributed by atoms with Crippen molar-refractivity contribution in [2.75, 3.05) is 0 Å². The minimum Gasteiger partial charge on any atom is -0.458 e. The largest absolute Gasteiger partial charge is 0.458 e. The first-order chi connectivity index (χ1) is 12.4. The van der Waals surface area contributed by atoms with Gasteiger partial charge in [0.15, 0.2) is 0 Å². The van der Waals surface area contributed by atoms with Crippen molar-refractivity contribution in [3.8, 4) is 0 Å². The number of esters is 2. The molecule has 1 aliphatic heterocycles. The topological polar surface area (TPSA) is 93.1 Å². The number of rotatable bonds is 2. The number of hydrogen-bond acceptors (Lipinski definition) is 6. The molecule has 0 amide bonds. The van der Waals surface area contributed by atoms with Gasteiger partial charge in [-0.3, -0.25) is 0 Å². The van der Waals surface area contributed by atoms with Gasteiger partial charge in [-0.25, -0.2) is 9.59 Å². The summed E-state index contributed by atoms with van der Waals surface area (Å²) in [4.78, 5) is 24.6. The van der Waals surface area contributed by atoms with Gasteiger partial charge < -0.3 is 19.7 Å². The number of carbonyl (C=O) groups excluding carboxylic acids is 2. The van der Waals surface area contributed by atoms with E-state index >= 15 is 0 Å². The van der Waals surface area contributed by atoms with Crippen LogP contribution >= 0.6 is 11.6 Å². The minimum atomic E-state index is -1.49. The SMILES string of the molecule is C=C1C(=O)O[C@H]2[C@H]1[C@@H](OC(=O)C(C)=CC)C=C(C)[C@]1(O)C[C@@H](Cl)[C@](C)(O)[C@H]21. The van der Waals surface area contributed by atoms with Gasteiger partial charge in [0.05, 0.1) is 28.4 Å². The van der Waals surface area contributed by atoms with E-state index in [9.17, 15) is 19.8 Å². The Labute approximate surface area is 163 Å². The van der Waals surface area contributed by atoms with E-state index in [1.165, 1.54) is 6.92 Å². The molecular formula is C20H25ClO6. The lowest BCUT2D eigenvalue weighted by molar-refractivity contribution is -0.157. The molecule has 2 fully saturated rings. The Morgan fingerprint density at radius 1 is 1.48 bits per heavy atom. The Bertz CT molecular complexity index is 766. The molecule has 0 aromatic heterocycles. The van der Waals surface area contributed by atoms with Crippen LogP contribution < -0.4 is 0 Å². The molecule has 0 aromatic carbocycles. The van der Waals surface area contributed by atoms with Gasteiger partial charge in [-0.15, -0.1) is 11.6 Å². The number of allylic oxidation sites excluding steroid dienone is 1. The highest BCUT2D eigenvalue weighted by atomic mass is 35.5. The zero-order valence-electron chi connectivity index (χ0n) is 15.9. The third-order valence-electron chi connectivity index (χ3n) is 6.31. The highest BCUT2D eigenvalue weighted by molar-refractivity contribution is 6.21. The van der Waals surface area contributed by atoms with Crippen LogP contribution in [0.4, 0.5) is 0 Å². The average molecular weight is 397 g/mol. The zero-order chi connectivity index (χ0) is 20.3. The van der Waals surface area contributed by atoms with Gasteiger partial charge in [-0.05, 0) is 45.8 Å². The van der Waals surface area contributed by atoms with E-state index in [-0.39, 0.29) is 12.0 Å². The molecule has 7 heteroatoms. The number of fused-ring (bicyclic) bond motifs is 3. The van der Waals surface area contributed by atoms with Crippen molar-refractivity contribution >= 4 is 23.5 Å². The fraction of sp³-hybridized carbons (Fsp3) is 0.600. The first-order valence-corrected chi connectivity index (χ1v) is 9.40. The lowest BCUT2D eigenvalue weighted by Gasteiger charge is -2.39. The van der Waals surface area contributed by atoms with E-state index in [0.29, 0.717) is 11.1 Å². The number of carbonyl (C=O) groups is 2. The van der Waals surface area contributed by atoms with Crippen LogP contribution in [0.5, 0.6) is 0 Å². The number of hydrogen-bond donors (Lipinski definition) is 2.